The molecule has 4 rings (SSSR count). The zero-order chi connectivity index (χ0) is 16.7. The van der Waals surface area contributed by atoms with Crippen LogP contribution in [0.15, 0.2) is 60.8 Å². The van der Waals surface area contributed by atoms with Gasteiger partial charge in [0, 0.05) is 22.8 Å². The van der Waals surface area contributed by atoms with Crippen molar-refractivity contribution in [2.24, 2.45) is 0 Å². The quantitative estimate of drug-likeness (QED) is 0.525. The minimum absolute atomic E-state index is 0.697. The molecule has 0 amide bonds. The van der Waals surface area contributed by atoms with Crippen molar-refractivity contribution in [2.45, 2.75) is 6.92 Å². The summed E-state index contributed by atoms with van der Waals surface area (Å²) in [6.07, 6.45) is 2.11. The molecule has 0 atom stereocenters. The molecule has 2 aromatic heterocycles. The van der Waals surface area contributed by atoms with Crippen LogP contribution in [0.5, 0.6) is 5.75 Å². The van der Waals surface area contributed by atoms with Gasteiger partial charge in [0.2, 0.25) is 0 Å². The van der Waals surface area contributed by atoms with Crippen LogP contribution in [0, 0.1) is 18.3 Å². The molecule has 24 heavy (non-hydrogen) atoms. The van der Waals surface area contributed by atoms with Crippen LogP contribution < -0.4 is 4.74 Å². The molecule has 0 unspecified atom stereocenters. The van der Waals surface area contributed by atoms with Crippen molar-refractivity contribution in [2.75, 3.05) is 7.11 Å². The second kappa shape index (κ2) is 5.43. The predicted molar refractivity (Wildman–Crippen MR) is 96.3 cm³/mol. The van der Waals surface area contributed by atoms with Gasteiger partial charge in [-0.1, -0.05) is 30.3 Å². The Morgan fingerprint density at radius 2 is 1.79 bits per heavy atom. The molecule has 0 saturated carbocycles. The Bertz CT molecular complexity index is 1100. The number of benzene rings is 2. The zero-order valence-electron chi connectivity index (χ0n) is 13.6. The third-order valence-corrected chi connectivity index (χ3v) is 4.46. The highest BCUT2D eigenvalue weighted by molar-refractivity contribution is 6.06. The average molecular weight is 312 g/mol. The standard InChI is InChI=1S/C21H16N2O/c1-14-10-16(12-22)21-18-9-8-17(24-2)11-19(18)20(13-23(14)21)15-6-4-3-5-7-15/h3-11,13H,1-2H3. The summed E-state index contributed by atoms with van der Waals surface area (Å²) in [5.41, 5.74) is 4.97. The first-order chi connectivity index (χ1) is 11.7. The molecule has 0 N–H and O–H groups in total. The van der Waals surface area contributed by atoms with Crippen molar-refractivity contribution in [3.63, 3.8) is 0 Å². The fraction of sp³-hybridized carbons (Fsp3) is 0.0952. The summed E-state index contributed by atoms with van der Waals surface area (Å²) in [6, 6.07) is 20.6. The summed E-state index contributed by atoms with van der Waals surface area (Å²) in [4.78, 5) is 0. The Kier molecular flexibility index (Phi) is 3.25. The molecule has 0 aliphatic heterocycles. The van der Waals surface area contributed by atoms with E-state index in [0.29, 0.717) is 5.56 Å². The van der Waals surface area contributed by atoms with Crippen LogP contribution in [-0.2, 0) is 0 Å². The Balaban J connectivity index is 2.21. The van der Waals surface area contributed by atoms with Gasteiger partial charge in [-0.25, -0.2) is 0 Å². The Hall–Kier alpha value is -3.25. The molecule has 0 spiro atoms. The van der Waals surface area contributed by atoms with Gasteiger partial charge in [0.05, 0.1) is 18.2 Å². The smallest absolute Gasteiger partial charge is 0.119 e. The first-order valence-electron chi connectivity index (χ1n) is 7.81. The fourth-order valence-corrected chi connectivity index (χ4v) is 3.31. The van der Waals surface area contributed by atoms with Gasteiger partial charge in [-0.05, 0) is 42.1 Å². The summed E-state index contributed by atoms with van der Waals surface area (Å²) in [5, 5.41) is 11.7. The molecule has 0 aliphatic carbocycles. The summed E-state index contributed by atoms with van der Waals surface area (Å²) in [6.45, 7) is 2.03. The SMILES string of the molecule is COc1ccc2c(c1)c(-c1ccccc1)cn1c(C)cc(C#N)c21. The highest BCUT2D eigenvalue weighted by Crippen LogP contribution is 2.35. The third kappa shape index (κ3) is 2.04. The van der Waals surface area contributed by atoms with Gasteiger partial charge in [0.15, 0.2) is 0 Å². The molecule has 0 bridgehead atoms. The van der Waals surface area contributed by atoms with Crippen molar-refractivity contribution in [1.82, 2.24) is 4.40 Å². The number of fused-ring (bicyclic) bond motifs is 3. The Morgan fingerprint density at radius 3 is 2.50 bits per heavy atom. The lowest BCUT2D eigenvalue weighted by molar-refractivity contribution is 0.415. The third-order valence-electron chi connectivity index (χ3n) is 4.46. The summed E-state index contributed by atoms with van der Waals surface area (Å²) in [5.74, 6) is 0.811. The van der Waals surface area contributed by atoms with E-state index in [-0.39, 0.29) is 0 Å². The number of rotatable bonds is 2. The topological polar surface area (TPSA) is 37.4 Å². The zero-order valence-corrected chi connectivity index (χ0v) is 13.6. The van der Waals surface area contributed by atoms with Crippen LogP contribution in [0.2, 0.25) is 0 Å². The van der Waals surface area contributed by atoms with Crippen LogP contribution >= 0.6 is 0 Å². The monoisotopic (exact) mass is 312 g/mol. The van der Waals surface area contributed by atoms with Crippen molar-refractivity contribution in [3.8, 4) is 22.9 Å². The number of hydrogen-bond donors (Lipinski definition) is 0. The molecule has 4 aromatic rings. The number of aryl methyl sites for hydroxylation is 1. The molecule has 0 radical (unpaired) electrons. The maximum absolute atomic E-state index is 9.51. The Morgan fingerprint density at radius 1 is 1.00 bits per heavy atom. The molecular formula is C21H16N2O. The summed E-state index contributed by atoms with van der Waals surface area (Å²) >= 11 is 0. The molecule has 0 aliphatic rings. The van der Waals surface area contributed by atoms with Crippen LogP contribution in [0.1, 0.15) is 11.3 Å². The van der Waals surface area contributed by atoms with E-state index in [1.54, 1.807) is 7.11 Å². The van der Waals surface area contributed by atoms with E-state index in [4.69, 9.17) is 4.74 Å². The van der Waals surface area contributed by atoms with Crippen LogP contribution in [0.3, 0.4) is 0 Å². The van der Waals surface area contributed by atoms with Gasteiger partial charge in [-0.2, -0.15) is 5.26 Å². The van der Waals surface area contributed by atoms with E-state index >= 15 is 0 Å². The second-order valence-electron chi connectivity index (χ2n) is 5.85. The lowest BCUT2D eigenvalue weighted by atomic mass is 9.99. The van der Waals surface area contributed by atoms with Crippen molar-refractivity contribution >= 4 is 16.3 Å². The number of nitrogens with zero attached hydrogens (tertiary/aromatic N) is 2. The van der Waals surface area contributed by atoms with E-state index in [1.165, 1.54) is 0 Å². The van der Waals surface area contributed by atoms with Gasteiger partial charge < -0.3 is 9.14 Å². The number of pyridine rings is 1. The number of hydrogen-bond acceptors (Lipinski definition) is 2. The minimum Gasteiger partial charge on any atom is -0.497 e. The lowest BCUT2D eigenvalue weighted by Gasteiger charge is -2.12. The number of ether oxygens (including phenoxy) is 1. The maximum Gasteiger partial charge on any atom is 0.119 e. The second-order valence-corrected chi connectivity index (χ2v) is 5.85. The van der Waals surface area contributed by atoms with Crippen molar-refractivity contribution < 1.29 is 4.74 Å². The molecule has 3 heteroatoms. The van der Waals surface area contributed by atoms with E-state index in [0.717, 1.165) is 38.9 Å². The number of methoxy groups -OCH3 is 1. The van der Waals surface area contributed by atoms with E-state index in [9.17, 15) is 5.26 Å². The lowest BCUT2D eigenvalue weighted by Crippen LogP contribution is -1.93. The first-order valence-corrected chi connectivity index (χ1v) is 7.81. The van der Waals surface area contributed by atoms with Crippen LogP contribution in [0.25, 0.3) is 27.4 Å². The van der Waals surface area contributed by atoms with Gasteiger partial charge >= 0.3 is 0 Å². The van der Waals surface area contributed by atoms with Crippen LogP contribution in [-0.4, -0.2) is 11.5 Å². The van der Waals surface area contributed by atoms with Gasteiger partial charge in [0.1, 0.15) is 11.8 Å². The summed E-state index contributed by atoms with van der Waals surface area (Å²) < 4.78 is 7.52. The number of aromatic nitrogens is 1. The van der Waals surface area contributed by atoms with Crippen LogP contribution in [0.4, 0.5) is 0 Å². The molecule has 116 valence electrons. The van der Waals surface area contributed by atoms with Gasteiger partial charge in [-0.3, -0.25) is 0 Å². The Labute approximate surface area is 140 Å². The predicted octanol–water partition coefficient (Wildman–Crippen LogP) is 4.95. The largest absolute Gasteiger partial charge is 0.497 e. The van der Waals surface area contributed by atoms with Gasteiger partial charge in [-0.15, -0.1) is 0 Å². The van der Waals surface area contributed by atoms with E-state index < -0.39 is 0 Å². The molecule has 3 nitrogen and oxygen atoms in total. The van der Waals surface area contributed by atoms with Crippen molar-refractivity contribution in [1.29, 1.82) is 5.26 Å². The van der Waals surface area contributed by atoms with E-state index in [1.807, 2.05) is 49.4 Å². The van der Waals surface area contributed by atoms with Crippen molar-refractivity contribution in [3.05, 3.63) is 72.1 Å². The maximum atomic E-state index is 9.51. The fourth-order valence-electron chi connectivity index (χ4n) is 3.31. The van der Waals surface area contributed by atoms with E-state index in [2.05, 4.69) is 28.8 Å². The molecular weight excluding hydrogens is 296 g/mol. The first kappa shape index (κ1) is 14.3. The number of nitriles is 1. The minimum atomic E-state index is 0.697. The average Bonchev–Trinajstić information content (AvgIpc) is 2.97. The molecule has 0 saturated heterocycles. The molecule has 0 fully saturated rings. The highest BCUT2D eigenvalue weighted by Gasteiger charge is 2.14. The van der Waals surface area contributed by atoms with Gasteiger partial charge in [0.25, 0.3) is 0 Å². The molecule has 2 aromatic carbocycles. The normalized spacial score (nSPS) is 10.9. The highest BCUT2D eigenvalue weighted by atomic mass is 16.5. The summed E-state index contributed by atoms with van der Waals surface area (Å²) in [7, 11) is 1.67. The molecule has 2 heterocycles.